The predicted octanol–water partition coefficient (Wildman–Crippen LogP) is 1.94. The fraction of sp³-hybridized carbons (Fsp3) is 0.692. The average molecular weight is 254 g/mol. The molecule has 0 bridgehead atoms. The minimum Gasteiger partial charge on any atom is -0.479 e. The third kappa shape index (κ3) is 2.49. The van der Waals surface area contributed by atoms with Crippen LogP contribution in [0.25, 0.3) is 0 Å². The molecular formula is C13H22N2O3. The zero-order chi connectivity index (χ0) is 13.8. The highest BCUT2D eigenvalue weighted by Gasteiger charge is 2.49. The fourth-order valence-corrected chi connectivity index (χ4v) is 2.64. The van der Waals surface area contributed by atoms with Gasteiger partial charge in [-0.05, 0) is 19.3 Å². The van der Waals surface area contributed by atoms with Gasteiger partial charge in [0.25, 0.3) is 0 Å². The number of carbonyl (C=O) groups is 2. The van der Waals surface area contributed by atoms with Gasteiger partial charge in [0, 0.05) is 20.1 Å². The topological polar surface area (TPSA) is 60.9 Å². The van der Waals surface area contributed by atoms with Gasteiger partial charge in [-0.25, -0.2) is 9.59 Å². The van der Waals surface area contributed by atoms with Crippen molar-refractivity contribution in [3.05, 3.63) is 12.7 Å². The van der Waals surface area contributed by atoms with Crippen molar-refractivity contribution in [3.8, 4) is 0 Å². The van der Waals surface area contributed by atoms with Crippen LogP contribution in [-0.2, 0) is 4.79 Å². The van der Waals surface area contributed by atoms with E-state index in [0.29, 0.717) is 25.9 Å². The summed E-state index contributed by atoms with van der Waals surface area (Å²) in [4.78, 5) is 26.9. The molecule has 18 heavy (non-hydrogen) atoms. The number of likely N-dealkylation sites (N-methyl/N-ethyl adjacent to an activating group) is 1. The Labute approximate surface area is 108 Å². The van der Waals surface area contributed by atoms with Crippen LogP contribution in [0.5, 0.6) is 0 Å². The molecule has 1 heterocycles. The number of hydrogen-bond donors (Lipinski definition) is 1. The van der Waals surface area contributed by atoms with E-state index in [-0.39, 0.29) is 6.03 Å². The highest BCUT2D eigenvalue weighted by Crippen LogP contribution is 2.34. The standard InChI is InChI=1S/C13H22N2O3/c1-4-7-13(11(16)17)8-6-10-15(13)12(18)14(3)9-5-2/h5H,2,4,6-10H2,1,3H3,(H,16,17). The van der Waals surface area contributed by atoms with E-state index in [1.165, 1.54) is 9.80 Å². The molecule has 5 heteroatoms. The largest absolute Gasteiger partial charge is 0.479 e. The summed E-state index contributed by atoms with van der Waals surface area (Å²) in [5.41, 5.74) is -1.01. The third-order valence-electron chi connectivity index (χ3n) is 3.51. The van der Waals surface area contributed by atoms with Crippen LogP contribution >= 0.6 is 0 Å². The zero-order valence-electron chi connectivity index (χ0n) is 11.2. The number of amides is 2. The van der Waals surface area contributed by atoms with Gasteiger partial charge >= 0.3 is 12.0 Å². The van der Waals surface area contributed by atoms with Crippen molar-refractivity contribution in [2.75, 3.05) is 20.1 Å². The minimum atomic E-state index is -1.01. The number of urea groups is 1. The molecule has 2 amide bonds. The van der Waals surface area contributed by atoms with Gasteiger partial charge in [0.05, 0.1) is 0 Å². The molecule has 1 N–H and O–H groups in total. The van der Waals surface area contributed by atoms with Crippen LogP contribution in [0.3, 0.4) is 0 Å². The first-order valence-corrected chi connectivity index (χ1v) is 6.36. The number of carboxylic acid groups (broad SMARTS) is 1. The Morgan fingerprint density at radius 1 is 1.56 bits per heavy atom. The summed E-state index contributed by atoms with van der Waals surface area (Å²) in [7, 11) is 1.67. The van der Waals surface area contributed by atoms with Crippen LogP contribution in [0.15, 0.2) is 12.7 Å². The molecule has 1 aliphatic heterocycles. The van der Waals surface area contributed by atoms with E-state index in [1.54, 1.807) is 13.1 Å². The smallest absolute Gasteiger partial charge is 0.329 e. The second kappa shape index (κ2) is 5.89. The van der Waals surface area contributed by atoms with E-state index < -0.39 is 11.5 Å². The molecule has 0 saturated carbocycles. The van der Waals surface area contributed by atoms with Crippen molar-refractivity contribution < 1.29 is 14.7 Å². The van der Waals surface area contributed by atoms with Gasteiger partial charge in [0.1, 0.15) is 5.54 Å². The summed E-state index contributed by atoms with van der Waals surface area (Å²) in [6.07, 6.45) is 4.19. The lowest BCUT2D eigenvalue weighted by Crippen LogP contribution is -2.56. The third-order valence-corrected chi connectivity index (χ3v) is 3.51. The number of nitrogens with zero attached hydrogens (tertiary/aromatic N) is 2. The lowest BCUT2D eigenvalue weighted by molar-refractivity contribution is -0.148. The molecule has 5 nitrogen and oxygen atoms in total. The SMILES string of the molecule is C=CCN(C)C(=O)N1CCCC1(CCC)C(=O)O. The number of carboxylic acids is 1. The van der Waals surface area contributed by atoms with Crippen LogP contribution in [0.2, 0.25) is 0 Å². The van der Waals surface area contributed by atoms with Crippen LogP contribution in [-0.4, -0.2) is 52.6 Å². The van der Waals surface area contributed by atoms with Gasteiger partial charge in [0.15, 0.2) is 0 Å². The number of likely N-dealkylation sites (tertiary alicyclic amines) is 1. The summed E-state index contributed by atoms with van der Waals surface area (Å²) in [5, 5.41) is 9.49. The highest BCUT2D eigenvalue weighted by molar-refractivity contribution is 5.87. The van der Waals surface area contributed by atoms with E-state index >= 15 is 0 Å². The van der Waals surface area contributed by atoms with Crippen molar-refractivity contribution in [3.63, 3.8) is 0 Å². The first-order chi connectivity index (χ1) is 8.49. The second-order valence-corrected chi connectivity index (χ2v) is 4.79. The van der Waals surface area contributed by atoms with Crippen LogP contribution in [0.4, 0.5) is 4.79 Å². The number of aliphatic carboxylic acids is 1. The summed E-state index contributed by atoms with van der Waals surface area (Å²) in [5.74, 6) is -0.887. The molecule has 0 aliphatic carbocycles. The Morgan fingerprint density at radius 2 is 2.22 bits per heavy atom. The Hall–Kier alpha value is -1.52. The van der Waals surface area contributed by atoms with Crippen molar-refractivity contribution in [2.24, 2.45) is 0 Å². The van der Waals surface area contributed by atoms with Gasteiger partial charge in [-0.15, -0.1) is 6.58 Å². The molecule has 1 atom stereocenters. The molecule has 0 aromatic carbocycles. The van der Waals surface area contributed by atoms with Crippen LogP contribution < -0.4 is 0 Å². The number of carbonyl (C=O) groups excluding carboxylic acids is 1. The first kappa shape index (κ1) is 14.5. The Bertz CT molecular complexity index is 343. The maximum Gasteiger partial charge on any atom is 0.329 e. The van der Waals surface area contributed by atoms with E-state index in [4.69, 9.17) is 0 Å². The molecule has 0 radical (unpaired) electrons. The highest BCUT2D eigenvalue weighted by atomic mass is 16.4. The van der Waals surface area contributed by atoms with Gasteiger partial charge in [-0.3, -0.25) is 0 Å². The molecule has 0 spiro atoms. The molecular weight excluding hydrogens is 232 g/mol. The summed E-state index contributed by atoms with van der Waals surface area (Å²) in [6, 6.07) is -0.219. The molecule has 1 unspecified atom stereocenters. The van der Waals surface area contributed by atoms with Crippen molar-refractivity contribution in [1.29, 1.82) is 0 Å². The molecule has 1 rings (SSSR count). The molecule has 0 aromatic rings. The molecule has 0 aromatic heterocycles. The van der Waals surface area contributed by atoms with Crippen molar-refractivity contribution in [2.45, 2.75) is 38.1 Å². The quantitative estimate of drug-likeness (QED) is 0.763. The minimum absolute atomic E-state index is 0.219. The first-order valence-electron chi connectivity index (χ1n) is 6.36. The zero-order valence-corrected chi connectivity index (χ0v) is 11.2. The number of hydrogen-bond acceptors (Lipinski definition) is 2. The predicted molar refractivity (Wildman–Crippen MR) is 69.4 cm³/mol. The lowest BCUT2D eigenvalue weighted by atomic mass is 9.91. The maximum atomic E-state index is 12.3. The van der Waals surface area contributed by atoms with Crippen molar-refractivity contribution >= 4 is 12.0 Å². The molecule has 102 valence electrons. The molecule has 1 saturated heterocycles. The normalized spacial score (nSPS) is 22.9. The Balaban J connectivity index is 2.94. The Morgan fingerprint density at radius 3 is 2.72 bits per heavy atom. The van der Waals surface area contributed by atoms with E-state index in [2.05, 4.69) is 6.58 Å². The van der Waals surface area contributed by atoms with Crippen LogP contribution in [0.1, 0.15) is 32.6 Å². The van der Waals surface area contributed by atoms with Gasteiger partial charge in [0.2, 0.25) is 0 Å². The van der Waals surface area contributed by atoms with E-state index in [0.717, 1.165) is 12.8 Å². The van der Waals surface area contributed by atoms with E-state index in [1.807, 2.05) is 6.92 Å². The maximum absolute atomic E-state index is 12.3. The summed E-state index contributed by atoms with van der Waals surface area (Å²) < 4.78 is 0. The van der Waals surface area contributed by atoms with Gasteiger partial charge in [-0.2, -0.15) is 0 Å². The molecule has 1 aliphatic rings. The second-order valence-electron chi connectivity index (χ2n) is 4.79. The fourth-order valence-electron chi connectivity index (χ4n) is 2.64. The molecule has 1 fully saturated rings. The van der Waals surface area contributed by atoms with Crippen molar-refractivity contribution in [1.82, 2.24) is 9.80 Å². The Kier molecular flexibility index (Phi) is 4.76. The lowest BCUT2D eigenvalue weighted by Gasteiger charge is -2.36. The van der Waals surface area contributed by atoms with E-state index in [9.17, 15) is 14.7 Å². The number of rotatable bonds is 5. The van der Waals surface area contributed by atoms with Gasteiger partial charge < -0.3 is 14.9 Å². The average Bonchev–Trinajstić information content (AvgIpc) is 2.74. The monoisotopic (exact) mass is 254 g/mol. The summed E-state index contributed by atoms with van der Waals surface area (Å²) >= 11 is 0. The summed E-state index contributed by atoms with van der Waals surface area (Å²) in [6.45, 7) is 6.48. The van der Waals surface area contributed by atoms with Crippen LogP contribution in [0, 0.1) is 0 Å². The van der Waals surface area contributed by atoms with Gasteiger partial charge in [-0.1, -0.05) is 19.4 Å².